The minimum atomic E-state index is -0.851. The second-order valence-corrected chi connectivity index (χ2v) is 9.42. The molecule has 4 heteroatoms. The van der Waals surface area contributed by atoms with Gasteiger partial charge in [0, 0.05) is 19.0 Å². The highest BCUT2D eigenvalue weighted by Crippen LogP contribution is 2.38. The SMILES string of the molecule is COc1ccc(C(CCCC(O)(c2cccs2)N2CCCCC2)c2ccccc2)cc1. The van der Waals surface area contributed by atoms with E-state index in [2.05, 4.69) is 64.9 Å². The van der Waals surface area contributed by atoms with E-state index < -0.39 is 5.72 Å². The third-order valence-corrected chi connectivity index (χ3v) is 7.54. The summed E-state index contributed by atoms with van der Waals surface area (Å²) in [4.78, 5) is 3.39. The molecule has 0 saturated carbocycles. The van der Waals surface area contributed by atoms with Crippen LogP contribution < -0.4 is 4.74 Å². The van der Waals surface area contributed by atoms with Crippen LogP contribution in [0.4, 0.5) is 0 Å². The van der Waals surface area contributed by atoms with Gasteiger partial charge in [-0.3, -0.25) is 4.90 Å². The first-order valence-corrected chi connectivity index (χ1v) is 12.3. The summed E-state index contributed by atoms with van der Waals surface area (Å²) in [6, 6.07) is 23.3. The van der Waals surface area contributed by atoms with Gasteiger partial charge in [-0.05, 0) is 66.8 Å². The Morgan fingerprint density at radius 3 is 2.29 bits per heavy atom. The normalized spacial score (nSPS) is 17.7. The lowest BCUT2D eigenvalue weighted by Gasteiger charge is -2.41. The summed E-state index contributed by atoms with van der Waals surface area (Å²) in [6.45, 7) is 1.96. The number of piperidine rings is 1. The smallest absolute Gasteiger partial charge is 0.153 e. The van der Waals surface area contributed by atoms with Crippen LogP contribution in [0.5, 0.6) is 5.75 Å². The van der Waals surface area contributed by atoms with Crippen LogP contribution in [0.25, 0.3) is 0 Å². The molecule has 0 aliphatic carbocycles. The summed E-state index contributed by atoms with van der Waals surface area (Å²) < 4.78 is 5.35. The Bertz CT molecular complexity index is 904. The molecule has 2 heterocycles. The lowest BCUT2D eigenvalue weighted by Crippen LogP contribution is -2.48. The summed E-state index contributed by atoms with van der Waals surface area (Å²) in [7, 11) is 1.70. The summed E-state index contributed by atoms with van der Waals surface area (Å²) in [5.74, 6) is 1.19. The van der Waals surface area contributed by atoms with Gasteiger partial charge in [-0.1, -0.05) is 55.0 Å². The number of ether oxygens (including phenoxy) is 1. The minimum absolute atomic E-state index is 0.307. The predicted octanol–water partition coefficient (Wildman–Crippen LogP) is 6.39. The summed E-state index contributed by atoms with van der Waals surface area (Å²) in [5, 5.41) is 13.9. The highest BCUT2D eigenvalue weighted by Gasteiger charge is 2.37. The zero-order valence-electron chi connectivity index (χ0n) is 18.4. The Morgan fingerprint density at radius 2 is 1.65 bits per heavy atom. The fourth-order valence-corrected chi connectivity index (χ4v) is 5.69. The van der Waals surface area contributed by atoms with Gasteiger partial charge < -0.3 is 9.84 Å². The largest absolute Gasteiger partial charge is 0.497 e. The third kappa shape index (κ3) is 5.20. The second kappa shape index (κ2) is 10.4. The van der Waals surface area contributed by atoms with E-state index in [4.69, 9.17) is 4.74 Å². The van der Waals surface area contributed by atoms with Crippen molar-refractivity contribution in [1.29, 1.82) is 0 Å². The molecule has 164 valence electrons. The lowest BCUT2D eigenvalue weighted by atomic mass is 9.85. The van der Waals surface area contributed by atoms with Crippen LogP contribution in [-0.2, 0) is 5.72 Å². The fraction of sp³-hybridized carbons (Fsp3) is 0.407. The molecule has 1 aromatic heterocycles. The zero-order valence-corrected chi connectivity index (χ0v) is 19.2. The van der Waals surface area contributed by atoms with Crippen LogP contribution in [0.15, 0.2) is 72.1 Å². The van der Waals surface area contributed by atoms with Crippen molar-refractivity contribution in [3.8, 4) is 5.75 Å². The van der Waals surface area contributed by atoms with Gasteiger partial charge in [-0.2, -0.15) is 0 Å². The molecule has 1 N–H and O–H groups in total. The van der Waals surface area contributed by atoms with Crippen molar-refractivity contribution in [2.45, 2.75) is 50.2 Å². The minimum Gasteiger partial charge on any atom is -0.497 e. The van der Waals surface area contributed by atoms with E-state index >= 15 is 0 Å². The first-order valence-electron chi connectivity index (χ1n) is 11.4. The van der Waals surface area contributed by atoms with Crippen molar-refractivity contribution in [3.63, 3.8) is 0 Å². The number of thiophene rings is 1. The second-order valence-electron chi connectivity index (χ2n) is 8.47. The molecule has 3 nitrogen and oxygen atoms in total. The number of likely N-dealkylation sites (tertiary alicyclic amines) is 1. The maximum atomic E-state index is 11.8. The molecule has 0 radical (unpaired) electrons. The molecular weight excluding hydrogens is 402 g/mol. The maximum Gasteiger partial charge on any atom is 0.153 e. The zero-order chi connectivity index (χ0) is 21.5. The van der Waals surface area contributed by atoms with E-state index in [0.717, 1.165) is 43.0 Å². The Labute approximate surface area is 190 Å². The van der Waals surface area contributed by atoms with Gasteiger partial charge in [0.25, 0.3) is 0 Å². The van der Waals surface area contributed by atoms with Crippen molar-refractivity contribution in [2.24, 2.45) is 0 Å². The van der Waals surface area contributed by atoms with E-state index in [9.17, 15) is 5.11 Å². The molecular formula is C27H33NO2S. The van der Waals surface area contributed by atoms with Gasteiger partial charge in [0.1, 0.15) is 5.75 Å². The molecule has 2 unspecified atom stereocenters. The monoisotopic (exact) mass is 435 g/mol. The molecule has 3 aromatic rings. The van der Waals surface area contributed by atoms with Crippen molar-refractivity contribution in [3.05, 3.63) is 88.1 Å². The van der Waals surface area contributed by atoms with E-state index in [1.165, 1.54) is 30.4 Å². The van der Waals surface area contributed by atoms with Gasteiger partial charge >= 0.3 is 0 Å². The molecule has 4 rings (SSSR count). The molecule has 0 amide bonds. The van der Waals surface area contributed by atoms with Crippen molar-refractivity contribution in [2.75, 3.05) is 20.2 Å². The van der Waals surface area contributed by atoms with Crippen LogP contribution in [0.1, 0.15) is 60.4 Å². The van der Waals surface area contributed by atoms with Gasteiger partial charge in [-0.15, -0.1) is 11.3 Å². The topological polar surface area (TPSA) is 32.7 Å². The van der Waals surface area contributed by atoms with Gasteiger partial charge in [0.2, 0.25) is 0 Å². The van der Waals surface area contributed by atoms with Crippen molar-refractivity contribution < 1.29 is 9.84 Å². The third-order valence-electron chi connectivity index (χ3n) is 6.53. The number of nitrogens with zero attached hydrogens (tertiary/aromatic N) is 1. The Hall–Kier alpha value is -2.14. The molecule has 2 atom stereocenters. The number of hydrogen-bond acceptors (Lipinski definition) is 4. The number of hydrogen-bond donors (Lipinski definition) is 1. The van der Waals surface area contributed by atoms with Crippen LogP contribution in [0.3, 0.4) is 0 Å². The van der Waals surface area contributed by atoms with Crippen molar-refractivity contribution in [1.82, 2.24) is 4.90 Å². The molecule has 31 heavy (non-hydrogen) atoms. The molecule has 0 bridgehead atoms. The van der Waals surface area contributed by atoms with Gasteiger partial charge in [0.15, 0.2) is 5.72 Å². The van der Waals surface area contributed by atoms with Crippen LogP contribution in [0, 0.1) is 0 Å². The molecule has 1 aliphatic rings. The lowest BCUT2D eigenvalue weighted by molar-refractivity contribution is -0.128. The van der Waals surface area contributed by atoms with E-state index in [1.54, 1.807) is 18.4 Å². The van der Waals surface area contributed by atoms with Crippen LogP contribution in [-0.4, -0.2) is 30.2 Å². The highest BCUT2D eigenvalue weighted by atomic mass is 32.1. The predicted molar refractivity (Wildman–Crippen MR) is 129 cm³/mol. The fourth-order valence-electron chi connectivity index (χ4n) is 4.81. The highest BCUT2D eigenvalue weighted by molar-refractivity contribution is 7.10. The Kier molecular flexibility index (Phi) is 7.44. The maximum absolute atomic E-state index is 11.8. The van der Waals surface area contributed by atoms with Gasteiger partial charge in [-0.25, -0.2) is 0 Å². The quantitative estimate of drug-likeness (QED) is 0.423. The molecule has 1 aliphatic heterocycles. The van der Waals surface area contributed by atoms with Crippen LogP contribution in [0.2, 0.25) is 0 Å². The number of rotatable bonds is 9. The Balaban J connectivity index is 1.52. The average molecular weight is 436 g/mol. The first kappa shape index (κ1) is 22.1. The number of methoxy groups -OCH3 is 1. The first-order chi connectivity index (χ1) is 15.2. The average Bonchev–Trinajstić information content (AvgIpc) is 3.39. The van der Waals surface area contributed by atoms with E-state index in [1.807, 2.05) is 12.1 Å². The number of aliphatic hydroxyl groups is 1. The Morgan fingerprint density at radius 1 is 0.935 bits per heavy atom. The van der Waals surface area contributed by atoms with Gasteiger partial charge in [0.05, 0.1) is 12.0 Å². The molecule has 2 aromatic carbocycles. The standard InChI is InChI=1S/C27H33NO2S/c1-30-24-16-14-23(15-17-24)25(22-10-4-2-5-11-22)12-8-18-27(29,26-13-9-21-31-26)28-19-6-3-7-20-28/h2,4-5,9-11,13-17,21,25,29H,3,6-8,12,18-20H2,1H3. The van der Waals surface area contributed by atoms with E-state index in [0.29, 0.717) is 5.92 Å². The summed E-state index contributed by atoms with van der Waals surface area (Å²) in [5.41, 5.74) is 1.77. The molecule has 1 fully saturated rings. The van der Waals surface area contributed by atoms with Crippen LogP contribution >= 0.6 is 11.3 Å². The van der Waals surface area contributed by atoms with Crippen molar-refractivity contribution >= 4 is 11.3 Å². The number of benzene rings is 2. The summed E-state index contributed by atoms with van der Waals surface area (Å²) in [6.07, 6.45) is 6.32. The molecule has 1 saturated heterocycles. The summed E-state index contributed by atoms with van der Waals surface area (Å²) >= 11 is 1.67. The van der Waals surface area contributed by atoms with E-state index in [-0.39, 0.29) is 0 Å². The molecule has 0 spiro atoms.